The molecule has 0 fully saturated rings. The van der Waals surface area contributed by atoms with Crippen molar-refractivity contribution >= 4 is 54.0 Å². The summed E-state index contributed by atoms with van der Waals surface area (Å²) in [6, 6.07) is 26.1. The molecular weight excluding hydrogens is 492 g/mol. The van der Waals surface area contributed by atoms with Gasteiger partial charge in [-0.15, -0.1) is 0 Å². The third-order valence-corrected chi connectivity index (χ3v) is 6.88. The summed E-state index contributed by atoms with van der Waals surface area (Å²) in [5.41, 5.74) is 0.941. The largest absolute Gasteiger partial charge is 0.483 e. The number of benzene rings is 4. The second kappa shape index (κ2) is 9.42. The Balaban J connectivity index is 1.37. The van der Waals surface area contributed by atoms with Crippen LogP contribution in [0.25, 0.3) is 10.8 Å². The van der Waals surface area contributed by atoms with E-state index >= 15 is 0 Å². The van der Waals surface area contributed by atoms with Crippen LogP contribution < -0.4 is 14.8 Å². The van der Waals surface area contributed by atoms with Crippen molar-refractivity contribution in [1.82, 2.24) is 0 Å². The molecule has 4 rings (SSSR count). The van der Waals surface area contributed by atoms with E-state index in [-0.39, 0.29) is 17.4 Å². The molecule has 0 radical (unpaired) electrons. The third kappa shape index (κ3) is 5.09. The minimum Gasteiger partial charge on any atom is -0.483 e. The van der Waals surface area contributed by atoms with Gasteiger partial charge in [0.05, 0.1) is 9.37 Å². The van der Waals surface area contributed by atoms with Gasteiger partial charge in [-0.3, -0.25) is 9.52 Å². The van der Waals surface area contributed by atoms with Crippen molar-refractivity contribution in [3.8, 4) is 5.75 Å². The summed E-state index contributed by atoms with van der Waals surface area (Å²) in [4.78, 5) is 12.4. The summed E-state index contributed by atoms with van der Waals surface area (Å²) < 4.78 is 33.9. The molecule has 1 amide bonds. The number of anilines is 2. The third-order valence-electron chi connectivity index (χ3n) is 4.66. The van der Waals surface area contributed by atoms with Gasteiger partial charge in [-0.05, 0) is 69.2 Å². The molecule has 32 heavy (non-hydrogen) atoms. The van der Waals surface area contributed by atoms with E-state index in [1.54, 1.807) is 36.4 Å². The van der Waals surface area contributed by atoms with Crippen LogP contribution in [0.5, 0.6) is 5.75 Å². The number of fused-ring (bicyclic) bond motifs is 1. The maximum atomic E-state index is 12.5. The van der Waals surface area contributed by atoms with Crippen LogP contribution in [0.1, 0.15) is 0 Å². The summed E-state index contributed by atoms with van der Waals surface area (Å²) in [5.74, 6) is 0.204. The van der Waals surface area contributed by atoms with Crippen molar-refractivity contribution in [2.45, 2.75) is 4.90 Å². The van der Waals surface area contributed by atoms with Crippen LogP contribution in [-0.2, 0) is 14.8 Å². The monoisotopic (exact) mass is 510 g/mol. The first kappa shape index (κ1) is 21.9. The lowest BCUT2D eigenvalue weighted by molar-refractivity contribution is -0.118. The van der Waals surface area contributed by atoms with Crippen LogP contribution in [0, 0.1) is 0 Å². The van der Waals surface area contributed by atoms with Crippen molar-refractivity contribution in [2.75, 3.05) is 16.6 Å². The number of halogens is 1. The molecule has 0 atom stereocenters. The Morgan fingerprint density at radius 3 is 2.25 bits per heavy atom. The van der Waals surface area contributed by atoms with E-state index < -0.39 is 10.0 Å². The van der Waals surface area contributed by atoms with Gasteiger partial charge in [-0.2, -0.15) is 0 Å². The Morgan fingerprint density at radius 2 is 1.50 bits per heavy atom. The first-order valence-electron chi connectivity index (χ1n) is 9.70. The fourth-order valence-electron chi connectivity index (χ4n) is 3.10. The first-order chi connectivity index (χ1) is 15.4. The van der Waals surface area contributed by atoms with Gasteiger partial charge in [0.15, 0.2) is 6.61 Å². The SMILES string of the molecule is O=C(COc1ccc2ccccc2c1Br)Nc1ccc(S(=O)(=O)Nc2ccccc2)cc1. The predicted molar refractivity (Wildman–Crippen MR) is 129 cm³/mol. The summed E-state index contributed by atoms with van der Waals surface area (Å²) in [7, 11) is -3.72. The molecule has 0 heterocycles. The molecular formula is C24H19BrN2O4S. The van der Waals surface area contributed by atoms with Crippen LogP contribution in [0.15, 0.2) is 100 Å². The summed E-state index contributed by atoms with van der Waals surface area (Å²) >= 11 is 3.53. The highest BCUT2D eigenvalue weighted by Crippen LogP contribution is 2.33. The van der Waals surface area contributed by atoms with Crippen LogP contribution in [-0.4, -0.2) is 20.9 Å². The molecule has 0 saturated heterocycles. The molecule has 0 bridgehead atoms. The number of ether oxygens (including phenoxy) is 1. The van der Waals surface area contributed by atoms with E-state index in [0.717, 1.165) is 15.2 Å². The second-order valence-electron chi connectivity index (χ2n) is 6.93. The van der Waals surface area contributed by atoms with Crippen LogP contribution in [0.2, 0.25) is 0 Å². The molecule has 4 aromatic carbocycles. The zero-order valence-corrected chi connectivity index (χ0v) is 19.2. The zero-order valence-electron chi connectivity index (χ0n) is 16.8. The average Bonchev–Trinajstić information content (AvgIpc) is 2.79. The average molecular weight is 511 g/mol. The van der Waals surface area contributed by atoms with E-state index in [2.05, 4.69) is 26.0 Å². The number of carbonyl (C=O) groups excluding carboxylic acids is 1. The lowest BCUT2D eigenvalue weighted by Gasteiger charge is -2.11. The predicted octanol–water partition coefficient (Wildman–Crippen LogP) is 5.42. The Hall–Kier alpha value is -3.36. The van der Waals surface area contributed by atoms with Crippen molar-refractivity contribution in [2.24, 2.45) is 0 Å². The number of carbonyl (C=O) groups is 1. The summed E-state index contributed by atoms with van der Waals surface area (Å²) in [6.45, 7) is -0.188. The number of rotatable bonds is 7. The van der Waals surface area contributed by atoms with Gasteiger partial charge < -0.3 is 10.1 Å². The van der Waals surface area contributed by atoms with E-state index in [9.17, 15) is 13.2 Å². The Labute approximate surface area is 194 Å². The Morgan fingerprint density at radius 1 is 0.812 bits per heavy atom. The maximum Gasteiger partial charge on any atom is 0.262 e. The minimum absolute atomic E-state index is 0.0932. The smallest absolute Gasteiger partial charge is 0.262 e. The van der Waals surface area contributed by atoms with E-state index in [1.165, 1.54) is 24.3 Å². The van der Waals surface area contributed by atoms with Crippen LogP contribution >= 0.6 is 15.9 Å². The topological polar surface area (TPSA) is 84.5 Å². The van der Waals surface area contributed by atoms with Crippen LogP contribution in [0.3, 0.4) is 0 Å². The minimum atomic E-state index is -3.72. The highest BCUT2D eigenvalue weighted by atomic mass is 79.9. The van der Waals surface area contributed by atoms with Crippen molar-refractivity contribution in [1.29, 1.82) is 0 Å². The maximum absolute atomic E-state index is 12.5. The molecule has 0 unspecified atom stereocenters. The van der Waals surface area contributed by atoms with Gasteiger partial charge in [0.25, 0.3) is 15.9 Å². The molecule has 4 aromatic rings. The zero-order chi connectivity index (χ0) is 22.6. The molecule has 162 valence electrons. The van der Waals surface area contributed by atoms with Gasteiger partial charge in [-0.25, -0.2) is 8.42 Å². The number of amides is 1. The van der Waals surface area contributed by atoms with Gasteiger partial charge in [0.2, 0.25) is 0 Å². The van der Waals surface area contributed by atoms with Gasteiger partial charge >= 0.3 is 0 Å². The molecule has 6 nitrogen and oxygen atoms in total. The lowest BCUT2D eigenvalue weighted by Crippen LogP contribution is -2.20. The number of para-hydroxylation sites is 1. The molecule has 8 heteroatoms. The molecule has 0 saturated carbocycles. The van der Waals surface area contributed by atoms with E-state index in [4.69, 9.17) is 4.74 Å². The highest BCUT2D eigenvalue weighted by molar-refractivity contribution is 9.10. The highest BCUT2D eigenvalue weighted by Gasteiger charge is 2.14. The summed E-state index contributed by atoms with van der Waals surface area (Å²) in [5, 5.41) is 4.76. The Bertz CT molecular complexity index is 1360. The number of hydrogen-bond acceptors (Lipinski definition) is 4. The number of hydrogen-bond donors (Lipinski definition) is 2. The van der Waals surface area contributed by atoms with E-state index in [0.29, 0.717) is 17.1 Å². The van der Waals surface area contributed by atoms with Gasteiger partial charge in [0, 0.05) is 11.4 Å². The number of nitrogens with one attached hydrogen (secondary N) is 2. The lowest BCUT2D eigenvalue weighted by atomic mass is 10.1. The van der Waals surface area contributed by atoms with Crippen molar-refractivity contribution < 1.29 is 17.9 Å². The Kier molecular flexibility index (Phi) is 6.43. The molecule has 0 aliphatic rings. The number of sulfonamides is 1. The normalized spacial score (nSPS) is 11.2. The van der Waals surface area contributed by atoms with Gasteiger partial charge in [-0.1, -0.05) is 48.5 Å². The van der Waals surface area contributed by atoms with Crippen molar-refractivity contribution in [3.05, 3.63) is 95.5 Å². The molecule has 0 aromatic heterocycles. The van der Waals surface area contributed by atoms with E-state index in [1.807, 2.05) is 30.3 Å². The quantitative estimate of drug-likeness (QED) is 0.347. The molecule has 0 aliphatic carbocycles. The standard InChI is InChI=1S/C24H19BrN2O4S/c25-24-21-9-5-4-6-17(21)10-15-22(24)31-16-23(28)26-18-11-13-20(14-12-18)32(29,30)27-19-7-2-1-3-8-19/h1-15,27H,16H2,(H,26,28). The fraction of sp³-hybridized carbons (Fsp3) is 0.0417. The van der Waals surface area contributed by atoms with Gasteiger partial charge in [0.1, 0.15) is 5.75 Å². The molecule has 0 aliphatic heterocycles. The van der Waals surface area contributed by atoms with Crippen LogP contribution in [0.4, 0.5) is 11.4 Å². The first-order valence-corrected chi connectivity index (χ1v) is 12.0. The fourth-order valence-corrected chi connectivity index (χ4v) is 4.77. The molecule has 2 N–H and O–H groups in total. The molecule has 0 spiro atoms. The summed E-state index contributed by atoms with van der Waals surface area (Å²) in [6.07, 6.45) is 0. The van der Waals surface area contributed by atoms with Crippen molar-refractivity contribution in [3.63, 3.8) is 0 Å². The second-order valence-corrected chi connectivity index (χ2v) is 9.41.